The molecule has 2 amide bonds. The molecule has 3 aromatic rings. The van der Waals surface area contributed by atoms with Crippen LogP contribution >= 0.6 is 22.7 Å². The van der Waals surface area contributed by atoms with E-state index in [2.05, 4.69) is 4.98 Å². The minimum Gasteiger partial charge on any atom is -0.485 e. The van der Waals surface area contributed by atoms with Crippen LogP contribution in [-0.2, 0) is 4.79 Å². The lowest BCUT2D eigenvalue weighted by atomic mass is 10.2. The Hall–Kier alpha value is -2.91. The number of nitrogens with zero attached hydrogens (tertiary/aromatic N) is 3. The van der Waals surface area contributed by atoms with Crippen LogP contribution in [0.15, 0.2) is 41.1 Å². The second-order valence-corrected chi connectivity index (χ2v) is 9.21. The number of benzene rings is 1. The second-order valence-electron chi connectivity index (χ2n) is 7.43. The van der Waals surface area contributed by atoms with E-state index >= 15 is 0 Å². The van der Waals surface area contributed by atoms with Gasteiger partial charge in [0, 0.05) is 37.1 Å². The highest BCUT2D eigenvalue weighted by atomic mass is 32.1. The zero-order valence-electron chi connectivity index (χ0n) is 16.9. The van der Waals surface area contributed by atoms with Gasteiger partial charge < -0.3 is 19.3 Å². The Bertz CT molecular complexity index is 1100. The van der Waals surface area contributed by atoms with Crippen LogP contribution in [0.25, 0.3) is 10.6 Å². The summed E-state index contributed by atoms with van der Waals surface area (Å²) in [6, 6.07) is 9.36. The Morgan fingerprint density at radius 1 is 1.06 bits per heavy atom. The first-order valence-electron chi connectivity index (χ1n) is 10.1. The molecule has 0 saturated carbocycles. The fourth-order valence-electron chi connectivity index (χ4n) is 3.72. The molecule has 5 rings (SSSR count). The van der Waals surface area contributed by atoms with E-state index in [1.165, 1.54) is 11.3 Å². The van der Waals surface area contributed by atoms with E-state index in [9.17, 15) is 9.59 Å². The Labute approximate surface area is 187 Å². The van der Waals surface area contributed by atoms with Crippen LogP contribution in [0.1, 0.15) is 15.4 Å². The van der Waals surface area contributed by atoms with Gasteiger partial charge in [0.15, 0.2) is 11.5 Å². The first-order chi connectivity index (χ1) is 15.1. The summed E-state index contributed by atoms with van der Waals surface area (Å²) in [5, 5.41) is 4.90. The maximum Gasteiger partial charge on any atom is 0.267 e. The van der Waals surface area contributed by atoms with E-state index in [4.69, 9.17) is 9.47 Å². The molecule has 2 aliphatic rings. The van der Waals surface area contributed by atoms with E-state index in [0.29, 0.717) is 42.6 Å². The summed E-state index contributed by atoms with van der Waals surface area (Å²) in [6.45, 7) is 3.99. The van der Waals surface area contributed by atoms with Gasteiger partial charge in [0.2, 0.25) is 6.10 Å². The van der Waals surface area contributed by atoms with Crippen molar-refractivity contribution in [1.29, 1.82) is 0 Å². The normalized spacial score (nSPS) is 18.2. The number of rotatable bonds is 3. The summed E-state index contributed by atoms with van der Waals surface area (Å²) >= 11 is 3.04. The Morgan fingerprint density at radius 2 is 1.81 bits per heavy atom. The van der Waals surface area contributed by atoms with Gasteiger partial charge in [-0.25, -0.2) is 4.98 Å². The molecule has 0 N–H and O–H groups in total. The minimum atomic E-state index is -0.658. The molecule has 0 radical (unpaired) electrons. The number of carbonyl (C=O) groups excluding carboxylic acids is 2. The van der Waals surface area contributed by atoms with E-state index in [0.717, 1.165) is 16.3 Å². The predicted octanol–water partition coefficient (Wildman–Crippen LogP) is 3.30. The maximum absolute atomic E-state index is 13.1. The molecular weight excluding hydrogens is 434 g/mol. The van der Waals surface area contributed by atoms with Crippen LogP contribution in [-0.4, -0.2) is 65.5 Å². The number of hydrogen-bond acceptors (Lipinski definition) is 7. The lowest BCUT2D eigenvalue weighted by Crippen LogP contribution is -2.55. The van der Waals surface area contributed by atoms with Gasteiger partial charge in [-0.3, -0.25) is 9.59 Å². The highest BCUT2D eigenvalue weighted by Crippen LogP contribution is 2.32. The van der Waals surface area contributed by atoms with Gasteiger partial charge in [-0.05, 0) is 30.5 Å². The predicted molar refractivity (Wildman–Crippen MR) is 119 cm³/mol. The fourth-order valence-corrected chi connectivity index (χ4v) is 5.47. The third kappa shape index (κ3) is 3.90. The smallest absolute Gasteiger partial charge is 0.267 e. The van der Waals surface area contributed by atoms with Gasteiger partial charge in [-0.2, -0.15) is 11.3 Å². The lowest BCUT2D eigenvalue weighted by Gasteiger charge is -2.37. The molecule has 0 spiro atoms. The van der Waals surface area contributed by atoms with Gasteiger partial charge in [-0.1, -0.05) is 12.1 Å². The average molecular weight is 456 g/mol. The van der Waals surface area contributed by atoms with Crippen LogP contribution < -0.4 is 9.47 Å². The Balaban J connectivity index is 1.21. The van der Waals surface area contributed by atoms with Crippen LogP contribution in [0.5, 0.6) is 11.5 Å². The van der Waals surface area contributed by atoms with Crippen LogP contribution in [0.3, 0.4) is 0 Å². The Morgan fingerprint density at radius 3 is 2.55 bits per heavy atom. The lowest BCUT2D eigenvalue weighted by molar-refractivity contribution is -0.142. The number of aryl methyl sites for hydroxylation is 1. The van der Waals surface area contributed by atoms with Gasteiger partial charge in [0.05, 0.1) is 5.69 Å². The molecule has 0 aliphatic carbocycles. The third-order valence-electron chi connectivity index (χ3n) is 5.42. The molecule has 9 heteroatoms. The van der Waals surface area contributed by atoms with Crippen molar-refractivity contribution in [3.8, 4) is 22.1 Å². The van der Waals surface area contributed by atoms with Crippen molar-refractivity contribution in [2.45, 2.75) is 13.0 Å². The number of ether oxygens (including phenoxy) is 2. The molecule has 1 atom stereocenters. The number of amides is 2. The van der Waals surface area contributed by atoms with E-state index < -0.39 is 6.10 Å². The topological polar surface area (TPSA) is 72.0 Å². The van der Waals surface area contributed by atoms with Crippen molar-refractivity contribution >= 4 is 34.5 Å². The van der Waals surface area contributed by atoms with Gasteiger partial charge >= 0.3 is 0 Å². The maximum atomic E-state index is 13.1. The summed E-state index contributed by atoms with van der Waals surface area (Å²) in [4.78, 5) is 34.8. The summed E-state index contributed by atoms with van der Waals surface area (Å²) in [5.41, 5.74) is 1.80. The summed E-state index contributed by atoms with van der Waals surface area (Å²) in [6.07, 6.45) is -0.658. The largest absolute Gasteiger partial charge is 0.485 e. The van der Waals surface area contributed by atoms with Crippen molar-refractivity contribution in [1.82, 2.24) is 14.8 Å². The zero-order valence-corrected chi connectivity index (χ0v) is 18.6. The zero-order chi connectivity index (χ0) is 21.4. The standard InChI is InChI=1S/C22H21N3O4S2/c1-14-19(31-20(23-14)15-6-11-30-13-15)22(27)25-9-7-24(8-10-25)21(26)18-12-28-16-4-2-3-5-17(16)29-18/h2-6,11,13,18H,7-10,12H2,1H3. The average Bonchev–Trinajstić information content (AvgIpc) is 3.48. The number of piperazine rings is 1. The summed E-state index contributed by atoms with van der Waals surface area (Å²) in [7, 11) is 0. The molecule has 0 bridgehead atoms. The second kappa shape index (κ2) is 8.32. The molecule has 1 saturated heterocycles. The molecule has 1 aromatic carbocycles. The van der Waals surface area contributed by atoms with E-state index in [1.54, 1.807) is 27.2 Å². The van der Waals surface area contributed by atoms with E-state index in [-0.39, 0.29) is 18.4 Å². The van der Waals surface area contributed by atoms with Crippen molar-refractivity contribution in [2.75, 3.05) is 32.8 Å². The van der Waals surface area contributed by atoms with Crippen molar-refractivity contribution in [3.05, 3.63) is 51.7 Å². The number of thiophene rings is 1. The molecule has 1 fully saturated rings. The number of carbonyl (C=O) groups is 2. The SMILES string of the molecule is Cc1nc(-c2ccsc2)sc1C(=O)N1CCN(C(=O)C2COc3ccccc3O2)CC1. The van der Waals surface area contributed by atoms with Crippen LogP contribution in [0.2, 0.25) is 0 Å². The Kier molecular flexibility index (Phi) is 5.37. The molecule has 2 aliphatic heterocycles. The first-order valence-corrected chi connectivity index (χ1v) is 11.8. The molecular formula is C22H21N3O4S2. The fraction of sp³-hybridized carbons (Fsp3) is 0.318. The van der Waals surface area contributed by atoms with Crippen molar-refractivity contribution in [2.24, 2.45) is 0 Å². The molecule has 7 nitrogen and oxygen atoms in total. The highest BCUT2D eigenvalue weighted by molar-refractivity contribution is 7.17. The van der Waals surface area contributed by atoms with Gasteiger partial charge in [0.1, 0.15) is 16.5 Å². The third-order valence-corrected chi connectivity index (χ3v) is 7.30. The highest BCUT2D eigenvalue weighted by Gasteiger charge is 2.34. The summed E-state index contributed by atoms with van der Waals surface area (Å²) < 4.78 is 11.5. The molecule has 2 aromatic heterocycles. The van der Waals surface area contributed by atoms with E-state index in [1.807, 2.05) is 41.9 Å². The van der Waals surface area contributed by atoms with Gasteiger partial charge in [0.25, 0.3) is 11.8 Å². The molecule has 4 heterocycles. The van der Waals surface area contributed by atoms with Crippen molar-refractivity contribution in [3.63, 3.8) is 0 Å². The minimum absolute atomic E-state index is 0.0187. The van der Waals surface area contributed by atoms with Crippen LogP contribution in [0, 0.1) is 6.92 Å². The van der Waals surface area contributed by atoms with Crippen molar-refractivity contribution < 1.29 is 19.1 Å². The monoisotopic (exact) mass is 455 g/mol. The molecule has 1 unspecified atom stereocenters. The number of hydrogen-bond donors (Lipinski definition) is 0. The van der Waals surface area contributed by atoms with Crippen LogP contribution in [0.4, 0.5) is 0 Å². The molecule has 160 valence electrons. The quantitative estimate of drug-likeness (QED) is 0.606. The molecule has 31 heavy (non-hydrogen) atoms. The summed E-state index contributed by atoms with van der Waals surface area (Å²) in [5.74, 6) is 1.12. The number of thiazole rings is 1. The number of aromatic nitrogens is 1. The first kappa shape index (κ1) is 20.0. The number of fused-ring (bicyclic) bond motifs is 1. The number of para-hydroxylation sites is 2. The van der Waals surface area contributed by atoms with Gasteiger partial charge in [-0.15, -0.1) is 11.3 Å².